The van der Waals surface area contributed by atoms with Crippen molar-refractivity contribution in [2.24, 2.45) is 0 Å². The Morgan fingerprint density at radius 2 is 1.57 bits per heavy atom. The number of rotatable bonds is 7. The number of alkyl halides is 6. The molecule has 14 heteroatoms. The van der Waals surface area contributed by atoms with E-state index in [1.165, 1.54) is 4.90 Å². The Morgan fingerprint density at radius 3 is 2.17 bits per heavy atom. The quantitative estimate of drug-likeness (QED) is 0.250. The van der Waals surface area contributed by atoms with Gasteiger partial charge in [0.15, 0.2) is 0 Å². The van der Waals surface area contributed by atoms with Crippen LogP contribution in [0.5, 0.6) is 0 Å². The molecular weight excluding hydrogens is 671 g/mol. The summed E-state index contributed by atoms with van der Waals surface area (Å²) in [5.74, 6) is 5.57. The summed E-state index contributed by atoms with van der Waals surface area (Å²) >= 11 is 0. The van der Waals surface area contributed by atoms with E-state index in [4.69, 9.17) is 9.47 Å². The number of hydrogen-bond acceptors (Lipinski definition) is 5. The zero-order chi connectivity index (χ0) is 33.0. The van der Waals surface area contributed by atoms with Gasteiger partial charge in [-0.05, 0) is 62.1 Å². The molecule has 2 atom stereocenters. The molecule has 2 aromatic carbocycles. The van der Waals surface area contributed by atoms with E-state index < -0.39 is 41.0 Å². The number of piperazine rings is 1. The Morgan fingerprint density at radius 1 is 0.936 bits per heavy atom. The highest BCUT2D eigenvalue weighted by molar-refractivity contribution is 5.95. The molecule has 2 aromatic rings. The lowest BCUT2D eigenvalue weighted by Gasteiger charge is -2.43. The molecule has 1 unspecified atom stereocenters. The highest BCUT2D eigenvalue weighted by atomic mass is 35.5. The normalized spacial score (nSPS) is 20.9. The molecule has 4 rings (SSSR count). The summed E-state index contributed by atoms with van der Waals surface area (Å²) in [6, 6.07) is 6.42. The average molecular weight is 713 g/mol. The molecule has 0 radical (unpaired) electrons. The second-order valence-electron chi connectivity index (χ2n) is 12.1. The number of benzene rings is 2. The first-order valence-corrected chi connectivity index (χ1v) is 14.8. The van der Waals surface area contributed by atoms with Crippen LogP contribution in [0, 0.1) is 25.7 Å². The van der Waals surface area contributed by atoms with Crippen LogP contribution >= 0.6 is 24.8 Å². The van der Waals surface area contributed by atoms with Crippen molar-refractivity contribution in [3.05, 3.63) is 69.8 Å². The molecule has 2 saturated heterocycles. The van der Waals surface area contributed by atoms with Crippen LogP contribution in [0.15, 0.2) is 36.4 Å². The van der Waals surface area contributed by atoms with Gasteiger partial charge >= 0.3 is 12.4 Å². The molecule has 0 bridgehead atoms. The predicted molar refractivity (Wildman–Crippen MR) is 172 cm³/mol. The SMILES string of the molecule is COCC1(C)COCCN1CC#CCN1CCN(C(=O)c2cc(C(F)(F)F)cc(C(F)(F)F)c2)[C@H](Cc2ccc(C)c(C)c2)C1.Cl.Cl. The van der Waals surface area contributed by atoms with E-state index in [0.717, 1.165) is 23.2 Å². The summed E-state index contributed by atoms with van der Waals surface area (Å²) in [5.41, 5.74) is -0.915. The van der Waals surface area contributed by atoms with Gasteiger partial charge in [-0.3, -0.25) is 14.6 Å². The summed E-state index contributed by atoms with van der Waals surface area (Å²) in [5, 5.41) is 0. The monoisotopic (exact) mass is 711 g/mol. The van der Waals surface area contributed by atoms with E-state index in [1.54, 1.807) is 7.11 Å². The first-order chi connectivity index (χ1) is 21.1. The highest BCUT2D eigenvalue weighted by Gasteiger charge is 2.39. The van der Waals surface area contributed by atoms with Crippen molar-refractivity contribution in [1.82, 2.24) is 14.7 Å². The van der Waals surface area contributed by atoms with E-state index >= 15 is 0 Å². The van der Waals surface area contributed by atoms with Crippen LogP contribution in [0.3, 0.4) is 0 Å². The second kappa shape index (κ2) is 16.7. The van der Waals surface area contributed by atoms with Gasteiger partial charge in [0, 0.05) is 44.9 Å². The van der Waals surface area contributed by atoms with E-state index in [2.05, 4.69) is 28.6 Å². The van der Waals surface area contributed by atoms with Crippen LogP contribution in [0.1, 0.15) is 45.1 Å². The fraction of sp³-hybridized carbons (Fsp3) is 0.545. The Kier molecular flexibility index (Phi) is 14.5. The minimum Gasteiger partial charge on any atom is -0.383 e. The van der Waals surface area contributed by atoms with Gasteiger partial charge in [0.2, 0.25) is 0 Å². The number of halogens is 8. The molecule has 2 fully saturated rings. The van der Waals surface area contributed by atoms with Crippen molar-refractivity contribution in [3.8, 4) is 11.8 Å². The van der Waals surface area contributed by atoms with Gasteiger partial charge in [-0.2, -0.15) is 26.3 Å². The standard InChI is InChI=1S/C33H39F6N3O3.2ClH/c1-23-7-8-25(15-24(23)2)16-29-20-40(9-5-6-10-41-13-14-45-22-31(41,3)21-44-4)11-12-42(29)30(43)26-17-27(32(34,35)36)19-28(18-26)33(37,38)39;;/h7-8,15,17-19,29H,9-14,16,20-22H2,1-4H3;2*1H/t29-,31?;;/m1../s1. The second-order valence-corrected chi connectivity index (χ2v) is 12.1. The fourth-order valence-corrected chi connectivity index (χ4v) is 5.81. The average Bonchev–Trinajstić information content (AvgIpc) is 2.97. The van der Waals surface area contributed by atoms with Gasteiger partial charge in [0.05, 0.1) is 49.6 Å². The van der Waals surface area contributed by atoms with Crippen LogP contribution < -0.4 is 0 Å². The van der Waals surface area contributed by atoms with E-state index in [0.29, 0.717) is 64.6 Å². The Balaban J connectivity index is 0.00000384. The van der Waals surface area contributed by atoms with Crippen LogP contribution in [0.4, 0.5) is 26.3 Å². The summed E-state index contributed by atoms with van der Waals surface area (Å²) in [7, 11) is 1.64. The summed E-state index contributed by atoms with van der Waals surface area (Å²) in [6.07, 6.45) is -9.71. The molecule has 2 aliphatic rings. The van der Waals surface area contributed by atoms with Gasteiger partial charge in [-0.25, -0.2) is 0 Å². The summed E-state index contributed by atoms with van der Waals surface area (Å²) < 4.78 is 92.3. The predicted octanol–water partition coefficient (Wildman–Crippen LogP) is 6.29. The van der Waals surface area contributed by atoms with Gasteiger partial charge in [-0.15, -0.1) is 24.8 Å². The van der Waals surface area contributed by atoms with Crippen LogP contribution in [-0.4, -0.2) is 98.4 Å². The smallest absolute Gasteiger partial charge is 0.383 e. The minimum atomic E-state index is -5.05. The van der Waals surface area contributed by atoms with Crippen molar-refractivity contribution in [2.75, 3.05) is 66.2 Å². The number of hydrogen-bond donors (Lipinski definition) is 0. The molecule has 0 saturated carbocycles. The number of nitrogens with zero attached hydrogens (tertiary/aromatic N) is 3. The molecule has 2 aliphatic heterocycles. The third-order valence-corrected chi connectivity index (χ3v) is 8.54. The zero-order valence-electron chi connectivity index (χ0n) is 26.8. The number of morpholine rings is 1. The third-order valence-electron chi connectivity index (χ3n) is 8.54. The third kappa shape index (κ3) is 10.5. The Bertz CT molecular complexity index is 1390. The van der Waals surface area contributed by atoms with E-state index in [-0.39, 0.29) is 43.0 Å². The molecule has 0 spiro atoms. The van der Waals surface area contributed by atoms with Gasteiger partial charge < -0.3 is 14.4 Å². The molecular formula is C33H41Cl2F6N3O3. The number of carbonyl (C=O) groups is 1. The molecule has 1 amide bonds. The van der Waals surface area contributed by atoms with Gasteiger partial charge in [0.1, 0.15) is 0 Å². The molecule has 6 nitrogen and oxygen atoms in total. The number of amides is 1. The summed E-state index contributed by atoms with van der Waals surface area (Å²) in [6.45, 7) is 10.1. The first-order valence-electron chi connectivity index (χ1n) is 14.8. The Hall–Kier alpha value is -2.53. The maximum atomic E-state index is 13.7. The molecule has 0 aliphatic carbocycles. The van der Waals surface area contributed by atoms with E-state index in [1.807, 2.05) is 32.0 Å². The highest BCUT2D eigenvalue weighted by Crippen LogP contribution is 2.37. The number of methoxy groups -OCH3 is 1. The maximum absolute atomic E-state index is 13.7. The molecule has 0 N–H and O–H groups in total. The Labute approximate surface area is 284 Å². The van der Waals surface area contributed by atoms with Crippen molar-refractivity contribution in [1.29, 1.82) is 0 Å². The number of carbonyl (C=O) groups excluding carboxylic acids is 1. The lowest BCUT2D eigenvalue weighted by atomic mass is 9.97. The first kappa shape index (κ1) is 40.6. The fourth-order valence-electron chi connectivity index (χ4n) is 5.81. The van der Waals surface area contributed by atoms with Crippen molar-refractivity contribution in [2.45, 2.75) is 51.1 Å². The lowest BCUT2D eigenvalue weighted by Crippen LogP contribution is -2.57. The van der Waals surface area contributed by atoms with Crippen molar-refractivity contribution >= 4 is 30.7 Å². The van der Waals surface area contributed by atoms with Gasteiger partial charge in [0.25, 0.3) is 5.91 Å². The largest absolute Gasteiger partial charge is 0.416 e. The lowest BCUT2D eigenvalue weighted by molar-refractivity contribution is -0.143. The van der Waals surface area contributed by atoms with Crippen molar-refractivity contribution < 1.29 is 40.6 Å². The zero-order valence-corrected chi connectivity index (χ0v) is 28.4. The molecule has 0 aromatic heterocycles. The van der Waals surface area contributed by atoms with Crippen molar-refractivity contribution in [3.63, 3.8) is 0 Å². The van der Waals surface area contributed by atoms with Crippen LogP contribution in [0.2, 0.25) is 0 Å². The van der Waals surface area contributed by atoms with Crippen LogP contribution in [0.25, 0.3) is 0 Å². The van der Waals surface area contributed by atoms with Gasteiger partial charge in [-0.1, -0.05) is 30.0 Å². The molecule has 262 valence electrons. The van der Waals surface area contributed by atoms with Crippen LogP contribution in [-0.2, 0) is 28.2 Å². The molecule has 2 heterocycles. The topological polar surface area (TPSA) is 45.3 Å². The van der Waals surface area contributed by atoms with E-state index in [9.17, 15) is 31.1 Å². The molecule has 47 heavy (non-hydrogen) atoms. The maximum Gasteiger partial charge on any atom is 0.416 e. The number of ether oxygens (including phenoxy) is 2. The minimum absolute atomic E-state index is 0. The number of aryl methyl sites for hydroxylation is 2. The summed E-state index contributed by atoms with van der Waals surface area (Å²) in [4.78, 5) is 19.3.